The average molecular weight is 440 g/mol. The average Bonchev–Trinajstić information content (AvgIpc) is 2.80. The summed E-state index contributed by atoms with van der Waals surface area (Å²) in [5, 5.41) is 3.78. The number of para-hydroxylation sites is 1. The maximum absolute atomic E-state index is 13.2. The van der Waals surface area contributed by atoms with Gasteiger partial charge in [-0.25, -0.2) is 8.42 Å². The molecule has 0 unspecified atom stereocenters. The number of carbonyl (C=O) groups excluding carboxylic acids is 1. The minimum absolute atomic E-state index is 0.0709. The zero-order chi connectivity index (χ0) is 21.8. The zero-order valence-corrected chi connectivity index (χ0v) is 18.2. The quantitative estimate of drug-likeness (QED) is 0.634. The van der Waals surface area contributed by atoms with Crippen LogP contribution in [0.15, 0.2) is 59.6 Å². The van der Waals surface area contributed by atoms with Crippen LogP contribution in [-0.2, 0) is 21.2 Å². The number of hydrogen-bond donors (Lipinski definition) is 1. The van der Waals surface area contributed by atoms with Crippen molar-refractivity contribution >= 4 is 32.5 Å². The molecule has 0 aliphatic carbocycles. The van der Waals surface area contributed by atoms with Crippen molar-refractivity contribution in [1.29, 1.82) is 0 Å². The molecule has 0 radical (unpaired) electrons. The van der Waals surface area contributed by atoms with Crippen molar-refractivity contribution in [3.8, 4) is 5.75 Å². The monoisotopic (exact) mass is 439 g/mol. The summed E-state index contributed by atoms with van der Waals surface area (Å²) in [6.07, 6.45) is 4.55. The Bertz CT molecular complexity index is 1200. The zero-order valence-electron chi connectivity index (χ0n) is 17.4. The first-order valence-corrected chi connectivity index (χ1v) is 11.7. The number of sulfonamides is 1. The molecule has 1 saturated heterocycles. The molecule has 2 aromatic carbocycles. The number of pyridine rings is 1. The number of benzene rings is 2. The summed E-state index contributed by atoms with van der Waals surface area (Å²) < 4.78 is 33.1. The van der Waals surface area contributed by atoms with Gasteiger partial charge in [-0.15, -0.1) is 0 Å². The van der Waals surface area contributed by atoms with Crippen LogP contribution < -0.4 is 10.1 Å². The molecule has 0 saturated carbocycles. The molecule has 1 aliphatic heterocycles. The van der Waals surface area contributed by atoms with Crippen molar-refractivity contribution in [2.75, 3.05) is 25.5 Å². The van der Waals surface area contributed by atoms with E-state index < -0.39 is 10.0 Å². The first kappa shape index (κ1) is 21.3. The molecule has 3 aromatic rings. The maximum Gasteiger partial charge on any atom is 0.246 e. The van der Waals surface area contributed by atoms with E-state index in [9.17, 15) is 13.2 Å². The molecule has 1 aliphatic rings. The van der Waals surface area contributed by atoms with Crippen molar-refractivity contribution in [3.05, 3.63) is 60.3 Å². The number of methoxy groups -OCH3 is 1. The summed E-state index contributed by atoms with van der Waals surface area (Å²) in [6.45, 7) is 0.992. The smallest absolute Gasteiger partial charge is 0.246 e. The van der Waals surface area contributed by atoms with E-state index in [1.165, 1.54) is 17.5 Å². The standard InChI is InChI=1S/C23H25N3O4S/c1-30-20-11-10-19(16-21(20)31(28,29)26-13-3-2-4-14-26)25-22(27)15-18-8-5-7-17-9-6-12-24-23(17)18/h5-12,16H,2-4,13-15H2,1H3,(H,25,27). The topological polar surface area (TPSA) is 88.6 Å². The number of piperidine rings is 1. The molecule has 4 rings (SSSR count). The fourth-order valence-corrected chi connectivity index (χ4v) is 5.59. The second-order valence-electron chi connectivity index (χ2n) is 7.55. The van der Waals surface area contributed by atoms with Gasteiger partial charge in [0.2, 0.25) is 15.9 Å². The van der Waals surface area contributed by atoms with E-state index in [1.54, 1.807) is 18.3 Å². The van der Waals surface area contributed by atoms with Gasteiger partial charge >= 0.3 is 0 Å². The molecule has 0 atom stereocenters. The van der Waals surface area contributed by atoms with Gasteiger partial charge in [0, 0.05) is 30.4 Å². The van der Waals surface area contributed by atoms with E-state index in [4.69, 9.17) is 4.74 Å². The van der Waals surface area contributed by atoms with E-state index >= 15 is 0 Å². The van der Waals surface area contributed by atoms with Gasteiger partial charge in [-0.1, -0.05) is 30.7 Å². The molecule has 2 heterocycles. The van der Waals surface area contributed by atoms with Crippen LogP contribution in [0, 0.1) is 0 Å². The third-order valence-corrected chi connectivity index (χ3v) is 7.37. The Morgan fingerprint density at radius 2 is 1.87 bits per heavy atom. The molecule has 7 nitrogen and oxygen atoms in total. The van der Waals surface area contributed by atoms with Crippen LogP contribution in [0.1, 0.15) is 24.8 Å². The second-order valence-corrected chi connectivity index (χ2v) is 9.45. The molecule has 8 heteroatoms. The van der Waals surface area contributed by atoms with Gasteiger partial charge in [0.05, 0.1) is 19.0 Å². The summed E-state index contributed by atoms with van der Waals surface area (Å²) >= 11 is 0. The minimum Gasteiger partial charge on any atom is -0.495 e. The van der Waals surface area contributed by atoms with Gasteiger partial charge in [0.1, 0.15) is 10.6 Å². The van der Waals surface area contributed by atoms with Crippen molar-refractivity contribution < 1.29 is 17.9 Å². The number of anilines is 1. The molecule has 1 N–H and O–H groups in total. The lowest BCUT2D eigenvalue weighted by atomic mass is 10.1. The Balaban J connectivity index is 1.57. The van der Waals surface area contributed by atoms with Crippen LogP contribution in [0.5, 0.6) is 5.75 Å². The number of fused-ring (bicyclic) bond motifs is 1. The number of carbonyl (C=O) groups is 1. The lowest BCUT2D eigenvalue weighted by molar-refractivity contribution is -0.115. The molecule has 0 bridgehead atoms. The van der Waals surface area contributed by atoms with E-state index in [1.807, 2.05) is 30.3 Å². The summed E-state index contributed by atoms with van der Waals surface area (Å²) in [5.74, 6) is 0.0199. The second kappa shape index (κ2) is 9.03. The highest BCUT2D eigenvalue weighted by molar-refractivity contribution is 7.89. The van der Waals surface area contributed by atoms with Gasteiger partial charge in [-0.2, -0.15) is 4.31 Å². The van der Waals surface area contributed by atoms with E-state index in [0.717, 1.165) is 35.7 Å². The first-order valence-electron chi connectivity index (χ1n) is 10.3. The fourth-order valence-electron chi connectivity index (χ4n) is 3.89. The number of nitrogens with zero attached hydrogens (tertiary/aromatic N) is 2. The Morgan fingerprint density at radius 3 is 2.65 bits per heavy atom. The Hall–Kier alpha value is -2.97. The molecule has 1 fully saturated rings. The van der Waals surface area contributed by atoms with Crippen LogP contribution in [-0.4, -0.2) is 43.8 Å². The van der Waals surface area contributed by atoms with Crippen LogP contribution in [0.3, 0.4) is 0 Å². The largest absolute Gasteiger partial charge is 0.495 e. The SMILES string of the molecule is COc1ccc(NC(=O)Cc2cccc3cccnc23)cc1S(=O)(=O)N1CCCCC1. The predicted molar refractivity (Wildman–Crippen MR) is 120 cm³/mol. The van der Waals surface area contributed by atoms with Crippen LogP contribution >= 0.6 is 0 Å². The molecule has 1 amide bonds. The normalized spacial score (nSPS) is 15.0. The third kappa shape index (κ3) is 4.55. The van der Waals surface area contributed by atoms with Crippen LogP contribution in [0.4, 0.5) is 5.69 Å². The molecule has 1 aromatic heterocycles. The number of rotatable bonds is 6. The summed E-state index contributed by atoms with van der Waals surface area (Å²) in [6, 6.07) is 14.2. The summed E-state index contributed by atoms with van der Waals surface area (Å²) in [7, 11) is -2.26. The predicted octanol–water partition coefficient (Wildman–Crippen LogP) is 3.60. The first-order chi connectivity index (χ1) is 15.0. The van der Waals surface area contributed by atoms with Crippen molar-refractivity contribution in [2.24, 2.45) is 0 Å². The number of nitrogens with one attached hydrogen (secondary N) is 1. The Labute approximate surface area is 182 Å². The van der Waals surface area contributed by atoms with E-state index in [0.29, 0.717) is 18.8 Å². The molecule has 162 valence electrons. The molecule has 31 heavy (non-hydrogen) atoms. The van der Waals surface area contributed by atoms with Crippen LogP contribution in [0.25, 0.3) is 10.9 Å². The molecular weight excluding hydrogens is 414 g/mol. The summed E-state index contributed by atoms with van der Waals surface area (Å²) in [4.78, 5) is 17.2. The maximum atomic E-state index is 13.2. The van der Waals surface area contributed by atoms with Gasteiger partial charge in [0.25, 0.3) is 0 Å². The van der Waals surface area contributed by atoms with E-state index in [-0.39, 0.29) is 23.0 Å². The van der Waals surface area contributed by atoms with Gasteiger partial charge in [-0.05, 0) is 42.7 Å². The molecule has 0 spiro atoms. The number of aromatic nitrogens is 1. The highest BCUT2D eigenvalue weighted by Gasteiger charge is 2.29. The van der Waals surface area contributed by atoms with Crippen molar-refractivity contribution in [2.45, 2.75) is 30.6 Å². The highest BCUT2D eigenvalue weighted by atomic mass is 32.2. The molecular formula is C23H25N3O4S. The number of ether oxygens (including phenoxy) is 1. The van der Waals surface area contributed by atoms with Crippen molar-refractivity contribution in [3.63, 3.8) is 0 Å². The van der Waals surface area contributed by atoms with E-state index in [2.05, 4.69) is 10.3 Å². The van der Waals surface area contributed by atoms with Gasteiger partial charge in [-0.3, -0.25) is 9.78 Å². The van der Waals surface area contributed by atoms with Gasteiger partial charge < -0.3 is 10.1 Å². The summed E-state index contributed by atoms with van der Waals surface area (Å²) in [5.41, 5.74) is 2.00. The third-order valence-electron chi connectivity index (χ3n) is 5.45. The Kier molecular flexibility index (Phi) is 6.20. The van der Waals surface area contributed by atoms with Gasteiger partial charge in [0.15, 0.2) is 0 Å². The lowest BCUT2D eigenvalue weighted by Gasteiger charge is -2.26. The number of amides is 1. The lowest BCUT2D eigenvalue weighted by Crippen LogP contribution is -2.35. The Morgan fingerprint density at radius 1 is 1.10 bits per heavy atom. The minimum atomic E-state index is -3.70. The number of hydrogen-bond acceptors (Lipinski definition) is 5. The van der Waals surface area contributed by atoms with Crippen molar-refractivity contribution in [1.82, 2.24) is 9.29 Å². The van der Waals surface area contributed by atoms with Crippen LogP contribution in [0.2, 0.25) is 0 Å². The fraction of sp³-hybridized carbons (Fsp3) is 0.304. The highest BCUT2D eigenvalue weighted by Crippen LogP contribution is 2.31.